The highest BCUT2D eigenvalue weighted by Crippen LogP contribution is 2.29. The Morgan fingerprint density at radius 3 is 2.16 bits per heavy atom. The molecule has 1 aromatic heterocycles. The molecule has 4 N–H and O–H groups in total. The highest BCUT2D eigenvalue weighted by Gasteiger charge is 2.43. The van der Waals surface area contributed by atoms with E-state index in [2.05, 4.69) is 31.2 Å². The van der Waals surface area contributed by atoms with E-state index in [1.807, 2.05) is 27.7 Å². The summed E-state index contributed by atoms with van der Waals surface area (Å²) in [6.45, 7) is 7.76. The monoisotopic (exact) mass is 681 g/mol. The molecule has 4 rings (SSSR count). The number of hydrogen-bond acceptors (Lipinski definition) is 8. The van der Waals surface area contributed by atoms with Crippen molar-refractivity contribution in [1.29, 1.82) is 0 Å². The summed E-state index contributed by atoms with van der Waals surface area (Å²) in [6, 6.07) is -3.76. The van der Waals surface area contributed by atoms with Gasteiger partial charge in [-0.2, -0.15) is 0 Å². The first-order valence-corrected chi connectivity index (χ1v) is 18.2. The Kier molecular flexibility index (Phi) is 13.7. The third kappa shape index (κ3) is 10.8. The summed E-state index contributed by atoms with van der Waals surface area (Å²) in [5.41, 5.74) is -0.650. The van der Waals surface area contributed by atoms with Gasteiger partial charge in [0.25, 0.3) is 11.8 Å². The van der Waals surface area contributed by atoms with Gasteiger partial charge >= 0.3 is 0 Å². The van der Waals surface area contributed by atoms with Crippen LogP contribution in [-0.2, 0) is 24.0 Å². The van der Waals surface area contributed by atoms with Crippen molar-refractivity contribution in [2.75, 3.05) is 6.54 Å². The number of nitrogens with zero attached hydrogens (tertiary/aromatic N) is 3. The van der Waals surface area contributed by atoms with Gasteiger partial charge in [-0.15, -0.1) is 0 Å². The van der Waals surface area contributed by atoms with Crippen molar-refractivity contribution in [2.24, 2.45) is 11.3 Å². The van der Waals surface area contributed by atoms with E-state index >= 15 is 0 Å². The standard InChI is InChI=1S/C36H55N7O6/c1-5-13-25(29(44)34(48)39-24-17-18-24)40-32(46)27-16-11-6-7-12-21-43(27)35(49)30(36(2,3)4)42-33(47)28(23-14-9-8-10-15-23)41-31(45)26-22-37-19-20-38-26/h19-20,22-25,27-28,30H,5-18,21H2,1-4H3,(H,39,48)(H,40,46)(H,41,45)(H,42,47)/t25-,27-,28-,30+/m0/s1. The quantitative estimate of drug-likeness (QED) is 0.230. The van der Waals surface area contributed by atoms with Crippen LogP contribution < -0.4 is 21.3 Å². The van der Waals surface area contributed by atoms with E-state index in [4.69, 9.17) is 0 Å². The smallest absolute Gasteiger partial charge is 0.289 e. The predicted octanol–water partition coefficient (Wildman–Crippen LogP) is 2.98. The third-order valence-electron chi connectivity index (χ3n) is 9.82. The minimum Gasteiger partial charge on any atom is -0.347 e. The fourth-order valence-electron chi connectivity index (χ4n) is 6.83. The average Bonchev–Trinajstić information content (AvgIpc) is 3.89. The van der Waals surface area contributed by atoms with Crippen molar-refractivity contribution < 1.29 is 28.8 Å². The molecule has 0 unspecified atom stereocenters. The molecule has 1 saturated heterocycles. The molecular weight excluding hydrogens is 626 g/mol. The van der Waals surface area contributed by atoms with Gasteiger partial charge in [0.05, 0.1) is 12.2 Å². The zero-order chi connectivity index (χ0) is 35.6. The fourth-order valence-corrected chi connectivity index (χ4v) is 6.83. The molecule has 0 bridgehead atoms. The van der Waals surface area contributed by atoms with Gasteiger partial charge in [-0.1, -0.05) is 72.6 Å². The second-order valence-corrected chi connectivity index (χ2v) is 15.0. The Morgan fingerprint density at radius 2 is 1.53 bits per heavy atom. The number of ketones is 1. The molecule has 4 atom stereocenters. The molecule has 49 heavy (non-hydrogen) atoms. The lowest BCUT2D eigenvalue weighted by atomic mass is 9.82. The van der Waals surface area contributed by atoms with Gasteiger partial charge in [0, 0.05) is 25.0 Å². The minimum absolute atomic E-state index is 0.00994. The number of amides is 5. The lowest BCUT2D eigenvalue weighted by molar-refractivity contribution is -0.147. The van der Waals surface area contributed by atoms with Crippen LogP contribution in [0.25, 0.3) is 0 Å². The Hall–Kier alpha value is -3.90. The third-order valence-corrected chi connectivity index (χ3v) is 9.82. The number of rotatable bonds is 13. The number of carbonyl (C=O) groups excluding carboxylic acids is 6. The minimum atomic E-state index is -1.01. The number of hydrogen-bond donors (Lipinski definition) is 4. The second-order valence-electron chi connectivity index (χ2n) is 15.0. The van der Waals surface area contributed by atoms with Crippen molar-refractivity contribution in [3.8, 4) is 0 Å². The van der Waals surface area contributed by atoms with E-state index in [0.717, 1.165) is 57.8 Å². The van der Waals surface area contributed by atoms with Crippen LogP contribution in [-0.4, -0.2) is 86.9 Å². The molecule has 1 aliphatic heterocycles. The maximum Gasteiger partial charge on any atom is 0.289 e. The average molecular weight is 682 g/mol. The van der Waals surface area contributed by atoms with E-state index in [1.54, 1.807) is 4.90 Å². The predicted molar refractivity (Wildman–Crippen MR) is 183 cm³/mol. The Morgan fingerprint density at radius 1 is 0.857 bits per heavy atom. The topological polar surface area (TPSA) is 180 Å². The van der Waals surface area contributed by atoms with Crippen molar-refractivity contribution in [2.45, 2.75) is 148 Å². The SMILES string of the molecule is CCC[C@H](NC(=O)[C@@H]1CCCCCCN1C(=O)[C@@H](NC(=O)[C@@H](NC(=O)c1cnccn1)C1CCCCC1)C(C)(C)C)C(=O)C(=O)NC1CC1. The lowest BCUT2D eigenvalue weighted by Gasteiger charge is -2.40. The normalized spacial score (nSPS) is 20.8. The molecule has 1 aromatic rings. The largest absolute Gasteiger partial charge is 0.347 e. The molecule has 13 nitrogen and oxygen atoms in total. The van der Waals surface area contributed by atoms with Gasteiger partial charge in [-0.25, -0.2) is 4.98 Å². The molecule has 270 valence electrons. The molecule has 3 aliphatic rings. The van der Waals surface area contributed by atoms with Gasteiger partial charge in [0.2, 0.25) is 23.5 Å². The van der Waals surface area contributed by atoms with Gasteiger partial charge in [-0.05, 0) is 56.3 Å². The number of nitrogens with one attached hydrogen (secondary N) is 4. The van der Waals surface area contributed by atoms with E-state index < -0.39 is 64.9 Å². The molecule has 0 spiro atoms. The Balaban J connectivity index is 1.56. The summed E-state index contributed by atoms with van der Waals surface area (Å²) in [4.78, 5) is 91.2. The van der Waals surface area contributed by atoms with Crippen LogP contribution in [0.1, 0.15) is 128 Å². The van der Waals surface area contributed by atoms with Crippen LogP contribution in [0.2, 0.25) is 0 Å². The summed E-state index contributed by atoms with van der Waals surface area (Å²) in [5, 5.41) is 11.4. The molecule has 2 heterocycles. The molecule has 0 radical (unpaired) electrons. The fraction of sp³-hybridized carbons (Fsp3) is 0.722. The van der Waals surface area contributed by atoms with Gasteiger partial charge in [0.1, 0.15) is 23.8 Å². The number of likely N-dealkylation sites (tertiary alicyclic amines) is 1. The summed E-state index contributed by atoms with van der Waals surface area (Å²) in [6.07, 6.45) is 14.8. The zero-order valence-electron chi connectivity index (χ0n) is 29.6. The molecular formula is C36H55N7O6. The van der Waals surface area contributed by atoms with Gasteiger partial charge in [-0.3, -0.25) is 33.8 Å². The molecule has 5 amide bonds. The highest BCUT2D eigenvalue weighted by molar-refractivity contribution is 6.38. The van der Waals surface area contributed by atoms with E-state index in [-0.39, 0.29) is 17.7 Å². The first-order chi connectivity index (χ1) is 23.4. The summed E-state index contributed by atoms with van der Waals surface area (Å²) in [7, 11) is 0. The molecule has 13 heteroatoms. The Labute approximate surface area is 289 Å². The van der Waals surface area contributed by atoms with E-state index in [1.165, 1.54) is 18.6 Å². The van der Waals surface area contributed by atoms with Crippen molar-refractivity contribution in [3.63, 3.8) is 0 Å². The van der Waals surface area contributed by atoms with Crippen LogP contribution in [0, 0.1) is 11.3 Å². The zero-order valence-corrected chi connectivity index (χ0v) is 29.6. The number of aromatic nitrogens is 2. The highest BCUT2D eigenvalue weighted by atomic mass is 16.2. The maximum atomic E-state index is 14.6. The molecule has 2 aliphatic carbocycles. The lowest BCUT2D eigenvalue weighted by Crippen LogP contribution is -2.63. The van der Waals surface area contributed by atoms with Crippen LogP contribution >= 0.6 is 0 Å². The van der Waals surface area contributed by atoms with Gasteiger partial charge in [0.15, 0.2) is 0 Å². The molecule has 2 saturated carbocycles. The molecule has 0 aromatic carbocycles. The van der Waals surface area contributed by atoms with Crippen LogP contribution in [0.4, 0.5) is 0 Å². The first-order valence-electron chi connectivity index (χ1n) is 18.2. The van der Waals surface area contributed by atoms with E-state index in [9.17, 15) is 28.8 Å². The number of Topliss-reactive ketones (excluding diaryl/α,β-unsaturated/α-hetero) is 1. The molecule has 3 fully saturated rings. The van der Waals surface area contributed by atoms with E-state index in [0.29, 0.717) is 38.6 Å². The maximum absolute atomic E-state index is 14.6. The summed E-state index contributed by atoms with van der Waals surface area (Å²) in [5.74, 6) is -3.33. The second kappa shape index (κ2) is 17.7. The van der Waals surface area contributed by atoms with Crippen molar-refractivity contribution in [3.05, 3.63) is 24.3 Å². The Bertz CT molecular complexity index is 1320. The van der Waals surface area contributed by atoms with Crippen molar-refractivity contribution >= 4 is 35.3 Å². The van der Waals surface area contributed by atoms with Crippen molar-refractivity contribution in [1.82, 2.24) is 36.1 Å². The van der Waals surface area contributed by atoms with Crippen LogP contribution in [0.15, 0.2) is 18.6 Å². The summed E-state index contributed by atoms with van der Waals surface area (Å²) >= 11 is 0. The number of carbonyl (C=O) groups is 6. The van der Waals surface area contributed by atoms with Crippen LogP contribution in [0.5, 0.6) is 0 Å². The van der Waals surface area contributed by atoms with Crippen LogP contribution in [0.3, 0.4) is 0 Å². The summed E-state index contributed by atoms with van der Waals surface area (Å²) < 4.78 is 0. The first kappa shape index (κ1) is 37.9. The van der Waals surface area contributed by atoms with Gasteiger partial charge < -0.3 is 26.2 Å².